The predicted molar refractivity (Wildman–Crippen MR) is 95.4 cm³/mol. The monoisotopic (exact) mass is 350 g/mol. The minimum Gasteiger partial charge on any atom is -0.497 e. The van der Waals surface area contributed by atoms with Gasteiger partial charge in [0.2, 0.25) is 17.7 Å². The van der Waals surface area contributed by atoms with Crippen molar-refractivity contribution in [2.45, 2.75) is 19.9 Å². The van der Waals surface area contributed by atoms with Gasteiger partial charge < -0.3 is 20.7 Å². The van der Waals surface area contributed by atoms with Crippen molar-refractivity contribution in [3.63, 3.8) is 0 Å². The minimum absolute atomic E-state index is 0.00920. The molecule has 0 fully saturated rings. The SMILES string of the molecule is CCNC(=O)[C@H](C)NC(=O)CN(C)CC(=O)Nc1cccc(OC)c1. The van der Waals surface area contributed by atoms with Gasteiger partial charge in [0.25, 0.3) is 0 Å². The summed E-state index contributed by atoms with van der Waals surface area (Å²) in [6.45, 7) is 3.97. The van der Waals surface area contributed by atoms with Crippen molar-refractivity contribution < 1.29 is 19.1 Å². The van der Waals surface area contributed by atoms with E-state index in [1.165, 1.54) is 0 Å². The Kier molecular flexibility index (Phi) is 8.42. The Morgan fingerprint density at radius 2 is 1.88 bits per heavy atom. The zero-order chi connectivity index (χ0) is 18.8. The van der Waals surface area contributed by atoms with Crippen LogP contribution < -0.4 is 20.7 Å². The summed E-state index contributed by atoms with van der Waals surface area (Å²) < 4.78 is 5.10. The summed E-state index contributed by atoms with van der Waals surface area (Å²) in [4.78, 5) is 37.1. The molecule has 0 bridgehead atoms. The zero-order valence-electron chi connectivity index (χ0n) is 15.1. The standard InChI is InChI=1S/C17H26N4O4/c1-5-18-17(24)12(2)19-15(22)10-21(3)11-16(23)20-13-7-6-8-14(9-13)25-4/h6-9,12H,5,10-11H2,1-4H3,(H,18,24)(H,19,22)(H,20,23)/t12-/m0/s1. The van der Waals surface area contributed by atoms with Crippen LogP contribution in [-0.2, 0) is 14.4 Å². The molecular weight excluding hydrogens is 324 g/mol. The minimum atomic E-state index is -0.619. The third kappa shape index (κ3) is 7.67. The molecule has 8 heteroatoms. The summed E-state index contributed by atoms with van der Waals surface area (Å²) in [5.41, 5.74) is 0.618. The van der Waals surface area contributed by atoms with Gasteiger partial charge in [-0.15, -0.1) is 0 Å². The zero-order valence-corrected chi connectivity index (χ0v) is 15.1. The highest BCUT2D eigenvalue weighted by molar-refractivity contribution is 5.93. The molecule has 0 heterocycles. The number of carbonyl (C=O) groups excluding carboxylic acids is 3. The van der Waals surface area contributed by atoms with Crippen molar-refractivity contribution in [3.05, 3.63) is 24.3 Å². The average Bonchev–Trinajstić information content (AvgIpc) is 2.54. The molecule has 1 atom stereocenters. The fraction of sp³-hybridized carbons (Fsp3) is 0.471. The second kappa shape index (κ2) is 10.3. The van der Waals surface area contributed by atoms with Crippen molar-refractivity contribution in [2.24, 2.45) is 0 Å². The summed E-state index contributed by atoms with van der Waals surface area (Å²) in [5.74, 6) is -0.171. The molecule has 0 aliphatic heterocycles. The van der Waals surface area contributed by atoms with Crippen molar-refractivity contribution in [3.8, 4) is 5.75 Å². The van der Waals surface area contributed by atoms with Crippen molar-refractivity contribution in [1.82, 2.24) is 15.5 Å². The van der Waals surface area contributed by atoms with E-state index < -0.39 is 6.04 Å². The van der Waals surface area contributed by atoms with Crippen molar-refractivity contribution in [2.75, 3.05) is 39.1 Å². The van der Waals surface area contributed by atoms with E-state index in [0.717, 1.165) is 0 Å². The van der Waals surface area contributed by atoms with Crippen LogP contribution in [0.3, 0.4) is 0 Å². The molecule has 0 unspecified atom stereocenters. The molecule has 0 aromatic heterocycles. The second-order valence-corrected chi connectivity index (χ2v) is 5.64. The molecule has 25 heavy (non-hydrogen) atoms. The van der Waals surface area contributed by atoms with E-state index >= 15 is 0 Å². The number of nitrogens with one attached hydrogen (secondary N) is 3. The summed E-state index contributed by atoms with van der Waals surface area (Å²) in [7, 11) is 3.20. The molecule has 138 valence electrons. The Morgan fingerprint density at radius 3 is 2.52 bits per heavy atom. The number of benzene rings is 1. The average molecular weight is 350 g/mol. The van der Waals surface area contributed by atoms with Crippen LogP contribution in [0.25, 0.3) is 0 Å². The van der Waals surface area contributed by atoms with E-state index in [0.29, 0.717) is 18.0 Å². The van der Waals surface area contributed by atoms with E-state index in [1.807, 2.05) is 0 Å². The highest BCUT2D eigenvalue weighted by Gasteiger charge is 2.16. The fourth-order valence-electron chi connectivity index (χ4n) is 2.13. The smallest absolute Gasteiger partial charge is 0.242 e. The number of nitrogens with zero attached hydrogens (tertiary/aromatic N) is 1. The summed E-state index contributed by atoms with van der Waals surface area (Å²) in [5, 5.41) is 7.96. The Hall–Kier alpha value is -2.61. The molecule has 0 spiro atoms. The first-order valence-electron chi connectivity index (χ1n) is 8.05. The number of amides is 3. The number of carbonyl (C=O) groups is 3. The van der Waals surface area contributed by atoms with Gasteiger partial charge in [-0.25, -0.2) is 0 Å². The molecule has 1 aromatic carbocycles. The van der Waals surface area contributed by atoms with Gasteiger partial charge in [0.15, 0.2) is 0 Å². The largest absolute Gasteiger partial charge is 0.497 e. The number of rotatable bonds is 9. The molecule has 0 saturated carbocycles. The lowest BCUT2D eigenvalue weighted by molar-refractivity contribution is -0.129. The number of hydrogen-bond donors (Lipinski definition) is 3. The normalized spacial score (nSPS) is 11.6. The van der Waals surface area contributed by atoms with Crippen LogP contribution in [0.5, 0.6) is 5.75 Å². The Bertz CT molecular complexity index is 606. The summed E-state index contributed by atoms with van der Waals surface area (Å²) >= 11 is 0. The maximum absolute atomic E-state index is 12.0. The van der Waals surface area contributed by atoms with Crippen LogP contribution in [0.4, 0.5) is 5.69 Å². The van der Waals surface area contributed by atoms with E-state index in [-0.39, 0.29) is 30.8 Å². The first-order valence-corrected chi connectivity index (χ1v) is 8.05. The van der Waals surface area contributed by atoms with Crippen LogP contribution in [0.15, 0.2) is 24.3 Å². The van der Waals surface area contributed by atoms with Gasteiger partial charge >= 0.3 is 0 Å². The predicted octanol–water partition coefficient (Wildman–Crippen LogP) is 0.206. The van der Waals surface area contributed by atoms with E-state index in [1.54, 1.807) is 57.2 Å². The van der Waals surface area contributed by atoms with Crippen LogP contribution in [-0.4, -0.2) is 62.5 Å². The molecule has 3 amide bonds. The summed E-state index contributed by atoms with van der Waals surface area (Å²) in [6.07, 6.45) is 0. The molecule has 0 radical (unpaired) electrons. The second-order valence-electron chi connectivity index (χ2n) is 5.64. The highest BCUT2D eigenvalue weighted by atomic mass is 16.5. The van der Waals surface area contributed by atoms with Crippen LogP contribution in [0.1, 0.15) is 13.8 Å². The van der Waals surface area contributed by atoms with Crippen LogP contribution in [0.2, 0.25) is 0 Å². The van der Waals surface area contributed by atoms with Crippen LogP contribution >= 0.6 is 0 Å². The van der Waals surface area contributed by atoms with Gasteiger partial charge in [0, 0.05) is 18.3 Å². The molecule has 0 saturated heterocycles. The number of likely N-dealkylation sites (N-methyl/N-ethyl adjacent to an activating group) is 2. The van der Waals surface area contributed by atoms with Gasteiger partial charge in [-0.1, -0.05) is 6.07 Å². The first-order chi connectivity index (χ1) is 11.8. The Morgan fingerprint density at radius 1 is 1.20 bits per heavy atom. The van der Waals surface area contributed by atoms with Gasteiger partial charge in [0.05, 0.1) is 20.2 Å². The van der Waals surface area contributed by atoms with Gasteiger partial charge in [0.1, 0.15) is 11.8 Å². The highest BCUT2D eigenvalue weighted by Crippen LogP contribution is 2.16. The van der Waals surface area contributed by atoms with E-state index in [4.69, 9.17) is 4.74 Å². The topological polar surface area (TPSA) is 99.8 Å². The molecule has 8 nitrogen and oxygen atoms in total. The van der Waals surface area contributed by atoms with Gasteiger partial charge in [-0.3, -0.25) is 19.3 Å². The quantitative estimate of drug-likeness (QED) is 0.591. The van der Waals surface area contributed by atoms with Gasteiger partial charge in [-0.05, 0) is 33.0 Å². The molecule has 1 aromatic rings. The lowest BCUT2D eigenvalue weighted by Gasteiger charge is -2.18. The molecule has 3 N–H and O–H groups in total. The first kappa shape index (κ1) is 20.4. The Labute approximate surface area is 147 Å². The molecule has 0 aliphatic rings. The maximum Gasteiger partial charge on any atom is 0.242 e. The van der Waals surface area contributed by atoms with Crippen molar-refractivity contribution in [1.29, 1.82) is 0 Å². The summed E-state index contributed by atoms with van der Waals surface area (Å²) in [6, 6.07) is 6.39. The third-order valence-electron chi connectivity index (χ3n) is 3.30. The van der Waals surface area contributed by atoms with E-state index in [9.17, 15) is 14.4 Å². The Balaban J connectivity index is 2.41. The van der Waals surface area contributed by atoms with E-state index in [2.05, 4.69) is 16.0 Å². The lowest BCUT2D eigenvalue weighted by atomic mass is 10.3. The molecule has 0 aliphatic carbocycles. The van der Waals surface area contributed by atoms with Gasteiger partial charge in [-0.2, -0.15) is 0 Å². The fourth-order valence-corrected chi connectivity index (χ4v) is 2.13. The third-order valence-corrected chi connectivity index (χ3v) is 3.30. The number of anilines is 1. The number of methoxy groups -OCH3 is 1. The van der Waals surface area contributed by atoms with Crippen LogP contribution in [0, 0.1) is 0 Å². The lowest BCUT2D eigenvalue weighted by Crippen LogP contribution is -2.48. The number of ether oxygens (including phenoxy) is 1. The number of hydrogen-bond acceptors (Lipinski definition) is 5. The maximum atomic E-state index is 12.0. The van der Waals surface area contributed by atoms with Crippen molar-refractivity contribution >= 4 is 23.4 Å². The molecular formula is C17H26N4O4. The molecule has 1 rings (SSSR count).